The number of carbonyl (C=O) groups excluding carboxylic acids is 1. The molecule has 0 spiro atoms. The Hall–Kier alpha value is -1.85. The Morgan fingerprint density at radius 3 is 2.76 bits per heavy atom. The van der Waals surface area contributed by atoms with Gasteiger partial charge in [0.05, 0.1) is 12.6 Å². The van der Waals surface area contributed by atoms with Crippen LogP contribution >= 0.6 is 0 Å². The van der Waals surface area contributed by atoms with Crippen molar-refractivity contribution in [2.75, 3.05) is 32.7 Å². The predicted octanol–water partition coefficient (Wildman–Crippen LogP) is 2.30. The molecule has 1 aliphatic heterocycles. The van der Waals surface area contributed by atoms with Crippen molar-refractivity contribution in [3.05, 3.63) is 36.0 Å². The smallest absolute Gasteiger partial charge is 0.239 e. The van der Waals surface area contributed by atoms with Gasteiger partial charge in [-0.25, -0.2) is 0 Å². The van der Waals surface area contributed by atoms with Gasteiger partial charge in [0.15, 0.2) is 0 Å². The Bertz CT molecular complexity index is 720. The second-order valence-corrected chi connectivity index (χ2v) is 6.81. The summed E-state index contributed by atoms with van der Waals surface area (Å²) in [5.41, 5.74) is 2.51. The van der Waals surface area contributed by atoms with Crippen LogP contribution in [0.25, 0.3) is 10.9 Å². The van der Waals surface area contributed by atoms with Crippen molar-refractivity contribution in [1.82, 2.24) is 19.7 Å². The van der Waals surface area contributed by atoms with Crippen LogP contribution in [0.2, 0.25) is 0 Å². The van der Waals surface area contributed by atoms with E-state index in [4.69, 9.17) is 0 Å². The second kappa shape index (κ2) is 8.02. The van der Waals surface area contributed by atoms with Gasteiger partial charge < -0.3 is 19.7 Å². The minimum atomic E-state index is -0.133. The van der Waals surface area contributed by atoms with E-state index in [0.717, 1.165) is 39.3 Å². The highest BCUT2D eigenvalue weighted by Crippen LogP contribution is 2.24. The van der Waals surface area contributed by atoms with Crippen LogP contribution in [0.3, 0.4) is 0 Å². The van der Waals surface area contributed by atoms with E-state index in [1.54, 1.807) is 0 Å². The molecule has 1 aromatic carbocycles. The van der Waals surface area contributed by atoms with Crippen molar-refractivity contribution < 1.29 is 4.79 Å². The van der Waals surface area contributed by atoms with Gasteiger partial charge in [-0.15, -0.1) is 0 Å². The monoisotopic (exact) mass is 342 g/mol. The summed E-state index contributed by atoms with van der Waals surface area (Å²) in [5.74, 6) is 0.205. The summed E-state index contributed by atoms with van der Waals surface area (Å²) in [4.78, 5) is 17.1. The molecule has 1 amide bonds. The lowest BCUT2D eigenvalue weighted by molar-refractivity contribution is -0.134. The zero-order valence-corrected chi connectivity index (χ0v) is 15.7. The molecule has 3 rings (SSSR count). The third kappa shape index (κ3) is 3.88. The molecule has 25 heavy (non-hydrogen) atoms. The van der Waals surface area contributed by atoms with Crippen LogP contribution < -0.4 is 5.32 Å². The van der Waals surface area contributed by atoms with Gasteiger partial charge >= 0.3 is 0 Å². The van der Waals surface area contributed by atoms with E-state index < -0.39 is 0 Å². The van der Waals surface area contributed by atoms with Crippen molar-refractivity contribution >= 4 is 16.8 Å². The second-order valence-electron chi connectivity index (χ2n) is 6.81. The molecule has 0 fully saturated rings. The molecule has 1 unspecified atom stereocenters. The SMILES string of the molecule is CCN(CC)CCNC(C)C(=O)N1CCn2c(cc3ccccc32)C1. The average Bonchev–Trinajstić information content (AvgIpc) is 3.02. The molecule has 5 heteroatoms. The van der Waals surface area contributed by atoms with Gasteiger partial charge in [0.2, 0.25) is 5.91 Å². The number of nitrogens with zero attached hydrogens (tertiary/aromatic N) is 3. The summed E-state index contributed by atoms with van der Waals surface area (Å²) in [7, 11) is 0. The highest BCUT2D eigenvalue weighted by atomic mass is 16.2. The number of para-hydroxylation sites is 1. The van der Waals surface area contributed by atoms with Gasteiger partial charge in [0, 0.05) is 37.4 Å². The highest BCUT2D eigenvalue weighted by Gasteiger charge is 2.25. The van der Waals surface area contributed by atoms with Crippen LogP contribution in [0, 0.1) is 0 Å². The van der Waals surface area contributed by atoms with E-state index in [9.17, 15) is 4.79 Å². The van der Waals surface area contributed by atoms with Crippen LogP contribution in [0.5, 0.6) is 0 Å². The Labute approximate surface area is 150 Å². The van der Waals surface area contributed by atoms with Crippen LogP contribution in [0.1, 0.15) is 26.5 Å². The summed E-state index contributed by atoms with van der Waals surface area (Å²) in [6.45, 7) is 12.6. The summed E-state index contributed by atoms with van der Waals surface area (Å²) < 4.78 is 2.34. The van der Waals surface area contributed by atoms with Crippen LogP contribution in [0.15, 0.2) is 30.3 Å². The first-order valence-corrected chi connectivity index (χ1v) is 9.45. The van der Waals surface area contributed by atoms with Crippen LogP contribution in [-0.4, -0.2) is 59.0 Å². The number of hydrogen-bond donors (Lipinski definition) is 1. The van der Waals surface area contributed by atoms with Crippen molar-refractivity contribution in [2.24, 2.45) is 0 Å². The van der Waals surface area contributed by atoms with E-state index in [2.05, 4.69) is 59.0 Å². The Kier molecular flexibility index (Phi) is 5.76. The molecule has 2 aromatic rings. The number of carbonyl (C=O) groups is 1. The van der Waals surface area contributed by atoms with E-state index in [-0.39, 0.29) is 11.9 Å². The lowest BCUT2D eigenvalue weighted by atomic mass is 10.2. The van der Waals surface area contributed by atoms with Gasteiger partial charge in [-0.05, 0) is 37.5 Å². The van der Waals surface area contributed by atoms with Crippen molar-refractivity contribution in [2.45, 2.75) is 39.9 Å². The molecular weight excluding hydrogens is 312 g/mol. The molecule has 2 heterocycles. The molecule has 1 aliphatic rings. The van der Waals surface area contributed by atoms with E-state index in [1.807, 2.05) is 11.8 Å². The molecule has 1 N–H and O–H groups in total. The zero-order valence-electron chi connectivity index (χ0n) is 15.7. The normalized spacial score (nSPS) is 15.6. The lowest BCUT2D eigenvalue weighted by Crippen LogP contribution is -2.48. The number of nitrogens with one attached hydrogen (secondary N) is 1. The number of aromatic nitrogens is 1. The molecule has 0 saturated carbocycles. The number of likely N-dealkylation sites (N-methyl/N-ethyl adjacent to an activating group) is 1. The van der Waals surface area contributed by atoms with Gasteiger partial charge in [0.1, 0.15) is 0 Å². The maximum absolute atomic E-state index is 12.8. The molecule has 0 saturated heterocycles. The first kappa shape index (κ1) is 18.0. The van der Waals surface area contributed by atoms with E-state index >= 15 is 0 Å². The first-order chi connectivity index (χ1) is 12.1. The molecular formula is C20H30N4O. The summed E-state index contributed by atoms with van der Waals surface area (Å²) in [6.07, 6.45) is 0. The lowest BCUT2D eigenvalue weighted by Gasteiger charge is -2.31. The predicted molar refractivity (Wildman–Crippen MR) is 103 cm³/mol. The summed E-state index contributed by atoms with van der Waals surface area (Å²) in [5, 5.41) is 4.65. The average molecular weight is 342 g/mol. The number of benzene rings is 1. The van der Waals surface area contributed by atoms with Crippen molar-refractivity contribution in [3.8, 4) is 0 Å². The Balaban J connectivity index is 1.58. The fourth-order valence-electron chi connectivity index (χ4n) is 3.69. The first-order valence-electron chi connectivity index (χ1n) is 9.45. The highest BCUT2D eigenvalue weighted by molar-refractivity contribution is 5.83. The molecule has 5 nitrogen and oxygen atoms in total. The fraction of sp³-hybridized carbons (Fsp3) is 0.550. The van der Waals surface area contributed by atoms with Gasteiger partial charge in [0.25, 0.3) is 0 Å². The largest absolute Gasteiger partial charge is 0.341 e. The van der Waals surface area contributed by atoms with Crippen molar-refractivity contribution in [3.63, 3.8) is 0 Å². The van der Waals surface area contributed by atoms with Crippen molar-refractivity contribution in [1.29, 1.82) is 0 Å². The van der Waals surface area contributed by atoms with Gasteiger partial charge in [-0.3, -0.25) is 4.79 Å². The Morgan fingerprint density at radius 2 is 2.00 bits per heavy atom. The third-order valence-corrected chi connectivity index (χ3v) is 5.30. The molecule has 1 aromatic heterocycles. The van der Waals surface area contributed by atoms with E-state index in [0.29, 0.717) is 6.54 Å². The Morgan fingerprint density at radius 1 is 1.24 bits per heavy atom. The van der Waals surface area contributed by atoms with Gasteiger partial charge in [-0.1, -0.05) is 32.0 Å². The maximum Gasteiger partial charge on any atom is 0.239 e. The summed E-state index contributed by atoms with van der Waals surface area (Å²) >= 11 is 0. The zero-order chi connectivity index (χ0) is 17.8. The van der Waals surface area contributed by atoms with E-state index in [1.165, 1.54) is 16.6 Å². The quantitative estimate of drug-likeness (QED) is 0.839. The maximum atomic E-state index is 12.8. The number of fused-ring (bicyclic) bond motifs is 3. The standard InChI is InChI=1S/C20H30N4O/c1-4-22(5-2)11-10-21-16(3)20(25)23-12-13-24-18(15-23)14-17-8-6-7-9-19(17)24/h6-9,14,16,21H,4-5,10-13,15H2,1-3H3. The molecule has 0 aliphatic carbocycles. The molecule has 1 atom stereocenters. The minimum Gasteiger partial charge on any atom is -0.341 e. The molecule has 136 valence electrons. The third-order valence-electron chi connectivity index (χ3n) is 5.30. The minimum absolute atomic E-state index is 0.133. The number of rotatable bonds is 7. The van der Waals surface area contributed by atoms with Gasteiger partial charge in [-0.2, -0.15) is 0 Å². The van der Waals surface area contributed by atoms with Crippen LogP contribution in [0.4, 0.5) is 0 Å². The van der Waals surface area contributed by atoms with Crippen LogP contribution in [-0.2, 0) is 17.9 Å². The summed E-state index contributed by atoms with van der Waals surface area (Å²) in [6, 6.07) is 10.5. The molecule has 0 bridgehead atoms. The number of hydrogen-bond acceptors (Lipinski definition) is 3. The molecule has 0 radical (unpaired) electrons. The fourth-order valence-corrected chi connectivity index (χ4v) is 3.69. The number of amides is 1. The topological polar surface area (TPSA) is 40.5 Å².